The Hall–Kier alpha value is -1.96. The molecule has 0 unspecified atom stereocenters. The third-order valence-electron chi connectivity index (χ3n) is 5.67. The van der Waals surface area contributed by atoms with Gasteiger partial charge in [0, 0.05) is 45.0 Å². The minimum Gasteiger partial charge on any atom is -0.369 e. The van der Waals surface area contributed by atoms with Crippen LogP contribution in [-0.2, 0) is 16.4 Å². The molecule has 0 saturated carbocycles. The molecule has 2 aliphatic rings. The number of rotatable bonds is 5. The van der Waals surface area contributed by atoms with Crippen LogP contribution in [0.15, 0.2) is 53.4 Å². The minimum absolute atomic E-state index is 0.210. The Bertz CT molecular complexity index is 910. The summed E-state index contributed by atoms with van der Waals surface area (Å²) >= 11 is 0. The van der Waals surface area contributed by atoms with Crippen molar-refractivity contribution in [3.63, 3.8) is 0 Å². The maximum absolute atomic E-state index is 13.1. The number of anilines is 1. The molecule has 0 spiro atoms. The van der Waals surface area contributed by atoms with Gasteiger partial charge in [-0.2, -0.15) is 4.31 Å². The summed E-state index contributed by atoms with van der Waals surface area (Å²) in [5.41, 5.74) is 1.98. The molecule has 0 amide bonds. The van der Waals surface area contributed by atoms with Crippen molar-refractivity contribution in [2.75, 3.05) is 50.7 Å². The number of hydrogen-bond donors (Lipinski definition) is 0. The highest BCUT2D eigenvalue weighted by atomic mass is 32.2. The number of halogens is 1. The van der Waals surface area contributed by atoms with Gasteiger partial charge in [-0.05, 0) is 55.3 Å². The standard InChI is InChI=1S/C21H26FN3O2S/c22-19-6-8-20(9-7-19)24-16-14-23(15-17-24)11-3-12-25-13-10-18-4-1-2-5-21(18)28(25,26)27/h1-2,4-9H,3,10-17H2. The summed E-state index contributed by atoms with van der Waals surface area (Å²) < 4.78 is 40.3. The molecule has 0 radical (unpaired) electrons. The summed E-state index contributed by atoms with van der Waals surface area (Å²) in [5.74, 6) is -0.210. The van der Waals surface area contributed by atoms with Gasteiger partial charge in [0.2, 0.25) is 10.0 Å². The van der Waals surface area contributed by atoms with Crippen LogP contribution in [0.2, 0.25) is 0 Å². The molecular formula is C21H26FN3O2S. The van der Waals surface area contributed by atoms with Gasteiger partial charge < -0.3 is 4.90 Å². The van der Waals surface area contributed by atoms with Crippen LogP contribution in [0.25, 0.3) is 0 Å². The van der Waals surface area contributed by atoms with E-state index >= 15 is 0 Å². The van der Waals surface area contributed by atoms with Crippen molar-refractivity contribution in [1.82, 2.24) is 9.21 Å². The second kappa shape index (κ2) is 8.19. The van der Waals surface area contributed by atoms with Gasteiger partial charge in [0.25, 0.3) is 0 Å². The van der Waals surface area contributed by atoms with Gasteiger partial charge in [-0.1, -0.05) is 18.2 Å². The van der Waals surface area contributed by atoms with Crippen LogP contribution in [0.1, 0.15) is 12.0 Å². The van der Waals surface area contributed by atoms with Crippen molar-refractivity contribution < 1.29 is 12.8 Å². The molecular weight excluding hydrogens is 377 g/mol. The normalized spacial score (nSPS) is 20.1. The van der Waals surface area contributed by atoms with E-state index in [4.69, 9.17) is 0 Å². The second-order valence-electron chi connectivity index (χ2n) is 7.42. The highest BCUT2D eigenvalue weighted by molar-refractivity contribution is 7.89. The van der Waals surface area contributed by atoms with Crippen LogP contribution in [0.5, 0.6) is 0 Å². The summed E-state index contributed by atoms with van der Waals surface area (Å²) in [4.78, 5) is 5.11. The number of fused-ring (bicyclic) bond motifs is 1. The van der Waals surface area contributed by atoms with Crippen molar-refractivity contribution in [3.05, 3.63) is 59.9 Å². The largest absolute Gasteiger partial charge is 0.369 e. The van der Waals surface area contributed by atoms with E-state index in [1.165, 1.54) is 12.1 Å². The molecule has 2 aromatic carbocycles. The van der Waals surface area contributed by atoms with E-state index in [-0.39, 0.29) is 5.82 Å². The van der Waals surface area contributed by atoms with E-state index in [1.54, 1.807) is 16.4 Å². The van der Waals surface area contributed by atoms with Gasteiger partial charge in [-0.3, -0.25) is 4.90 Å². The summed E-state index contributed by atoms with van der Waals surface area (Å²) in [6.45, 7) is 5.71. The first-order valence-electron chi connectivity index (χ1n) is 9.85. The molecule has 5 nitrogen and oxygen atoms in total. The average Bonchev–Trinajstić information content (AvgIpc) is 2.71. The predicted molar refractivity (Wildman–Crippen MR) is 109 cm³/mol. The lowest BCUT2D eigenvalue weighted by Crippen LogP contribution is -2.47. The summed E-state index contributed by atoms with van der Waals surface area (Å²) in [7, 11) is -3.36. The smallest absolute Gasteiger partial charge is 0.243 e. The molecule has 2 aliphatic heterocycles. The Kier molecular flexibility index (Phi) is 5.66. The Labute approximate surface area is 166 Å². The molecule has 1 saturated heterocycles. The molecule has 150 valence electrons. The average molecular weight is 404 g/mol. The first kappa shape index (κ1) is 19.4. The highest BCUT2D eigenvalue weighted by Gasteiger charge is 2.30. The van der Waals surface area contributed by atoms with Gasteiger partial charge in [0.1, 0.15) is 5.82 Å². The first-order chi connectivity index (χ1) is 13.5. The Morgan fingerprint density at radius 3 is 2.32 bits per heavy atom. The molecule has 4 rings (SSSR count). The van der Waals surface area contributed by atoms with E-state index in [0.29, 0.717) is 18.0 Å². The zero-order valence-electron chi connectivity index (χ0n) is 15.9. The van der Waals surface area contributed by atoms with Crippen molar-refractivity contribution in [3.8, 4) is 0 Å². The van der Waals surface area contributed by atoms with Crippen molar-refractivity contribution in [2.45, 2.75) is 17.7 Å². The molecule has 0 N–H and O–H groups in total. The summed E-state index contributed by atoms with van der Waals surface area (Å²) in [6.07, 6.45) is 1.61. The molecule has 2 heterocycles. The summed E-state index contributed by atoms with van der Waals surface area (Å²) in [6, 6.07) is 14.0. The second-order valence-corrected chi connectivity index (χ2v) is 9.33. The van der Waals surface area contributed by atoms with E-state index in [1.807, 2.05) is 24.3 Å². The SMILES string of the molecule is O=S1(=O)c2ccccc2CCN1CCCN1CCN(c2ccc(F)cc2)CC1. The molecule has 0 atom stereocenters. The van der Waals surface area contributed by atoms with Crippen molar-refractivity contribution >= 4 is 15.7 Å². The number of nitrogens with zero attached hydrogens (tertiary/aromatic N) is 3. The van der Waals surface area contributed by atoms with Crippen molar-refractivity contribution in [1.29, 1.82) is 0 Å². The zero-order chi connectivity index (χ0) is 19.6. The number of hydrogen-bond acceptors (Lipinski definition) is 4. The topological polar surface area (TPSA) is 43.9 Å². The van der Waals surface area contributed by atoms with Gasteiger partial charge in [0.15, 0.2) is 0 Å². The van der Waals surface area contributed by atoms with Crippen LogP contribution in [0.3, 0.4) is 0 Å². The third-order valence-corrected chi connectivity index (χ3v) is 7.67. The van der Waals surface area contributed by atoms with Gasteiger partial charge in [-0.25, -0.2) is 12.8 Å². The van der Waals surface area contributed by atoms with E-state index < -0.39 is 10.0 Å². The lowest BCUT2D eigenvalue weighted by molar-refractivity contribution is 0.245. The fourth-order valence-corrected chi connectivity index (χ4v) is 5.78. The third kappa shape index (κ3) is 4.06. The quantitative estimate of drug-likeness (QED) is 0.770. The highest BCUT2D eigenvalue weighted by Crippen LogP contribution is 2.26. The maximum atomic E-state index is 13.1. The number of benzene rings is 2. The monoisotopic (exact) mass is 403 g/mol. The fraction of sp³-hybridized carbons (Fsp3) is 0.429. The first-order valence-corrected chi connectivity index (χ1v) is 11.3. The van der Waals surface area contributed by atoms with E-state index in [0.717, 1.165) is 56.8 Å². The number of sulfonamides is 1. The van der Waals surface area contributed by atoms with Gasteiger partial charge >= 0.3 is 0 Å². The van der Waals surface area contributed by atoms with Crippen LogP contribution in [-0.4, -0.2) is 63.4 Å². The van der Waals surface area contributed by atoms with Crippen LogP contribution < -0.4 is 4.90 Å². The van der Waals surface area contributed by atoms with Gasteiger partial charge in [-0.15, -0.1) is 0 Å². The Balaban J connectivity index is 1.26. The Morgan fingerprint density at radius 2 is 1.57 bits per heavy atom. The molecule has 28 heavy (non-hydrogen) atoms. The van der Waals surface area contributed by atoms with E-state index in [2.05, 4.69) is 9.80 Å². The molecule has 0 bridgehead atoms. The van der Waals surface area contributed by atoms with E-state index in [9.17, 15) is 12.8 Å². The van der Waals surface area contributed by atoms with Crippen LogP contribution in [0.4, 0.5) is 10.1 Å². The lowest BCUT2D eigenvalue weighted by Gasteiger charge is -2.36. The zero-order valence-corrected chi connectivity index (χ0v) is 16.7. The lowest BCUT2D eigenvalue weighted by atomic mass is 10.1. The molecule has 0 aliphatic carbocycles. The molecule has 1 fully saturated rings. The number of piperazine rings is 1. The van der Waals surface area contributed by atoms with Crippen LogP contribution in [0, 0.1) is 5.82 Å². The molecule has 2 aromatic rings. The summed E-state index contributed by atoms with van der Waals surface area (Å²) in [5, 5.41) is 0. The van der Waals surface area contributed by atoms with Crippen molar-refractivity contribution in [2.24, 2.45) is 0 Å². The molecule has 7 heteroatoms. The van der Waals surface area contributed by atoms with Crippen LogP contribution >= 0.6 is 0 Å². The molecule has 0 aromatic heterocycles. The van der Waals surface area contributed by atoms with Gasteiger partial charge in [0.05, 0.1) is 4.90 Å². The predicted octanol–water partition coefficient (Wildman–Crippen LogP) is 2.58. The Morgan fingerprint density at radius 1 is 0.857 bits per heavy atom. The minimum atomic E-state index is -3.36. The maximum Gasteiger partial charge on any atom is 0.243 e. The fourth-order valence-electron chi connectivity index (χ4n) is 4.05.